The number of thiophene rings is 1. The van der Waals surface area contributed by atoms with Gasteiger partial charge in [0.15, 0.2) is 0 Å². The second-order valence-electron chi connectivity index (χ2n) is 4.59. The number of H-pyrrole nitrogens is 1. The average Bonchev–Trinajstić information content (AvgIpc) is 2.80. The van der Waals surface area contributed by atoms with Crippen molar-refractivity contribution in [2.75, 3.05) is 13.1 Å². The molecule has 3 rings (SSSR count). The summed E-state index contributed by atoms with van der Waals surface area (Å²) >= 11 is 1.67. The molecule has 1 N–H and O–H groups in total. The molecule has 0 radical (unpaired) electrons. The van der Waals surface area contributed by atoms with Gasteiger partial charge >= 0.3 is 0 Å². The summed E-state index contributed by atoms with van der Waals surface area (Å²) < 4.78 is 1.17. The second kappa shape index (κ2) is 4.53. The van der Waals surface area contributed by atoms with Gasteiger partial charge in [0.2, 0.25) is 0 Å². The maximum absolute atomic E-state index is 12.3. The summed E-state index contributed by atoms with van der Waals surface area (Å²) in [6.07, 6.45) is 4.79. The molecule has 0 aliphatic carbocycles. The first kappa shape index (κ1) is 10.8. The van der Waals surface area contributed by atoms with E-state index < -0.39 is 0 Å². The van der Waals surface area contributed by atoms with Crippen LogP contribution in [0.25, 0.3) is 10.2 Å². The minimum absolute atomic E-state index is 0.162. The van der Waals surface area contributed by atoms with Crippen molar-refractivity contribution in [3.63, 3.8) is 0 Å². The van der Waals surface area contributed by atoms with E-state index in [4.69, 9.17) is 0 Å². The third kappa shape index (κ3) is 2.09. The number of hydrogen-bond donors (Lipinski definition) is 1. The van der Waals surface area contributed by atoms with Crippen molar-refractivity contribution >= 4 is 27.5 Å². The normalized spacial score (nSPS) is 17.3. The standard InChI is InChI=1S/C13H16N2OS/c16-13(15-6-3-1-2-4-7-15)11-9-12-10(14-11)5-8-17-12/h5,8-9,14H,1-4,6-7H2. The van der Waals surface area contributed by atoms with E-state index in [2.05, 4.69) is 4.98 Å². The summed E-state index contributed by atoms with van der Waals surface area (Å²) in [4.78, 5) is 17.5. The summed E-state index contributed by atoms with van der Waals surface area (Å²) in [5, 5.41) is 2.04. The number of likely N-dealkylation sites (tertiary alicyclic amines) is 1. The fraction of sp³-hybridized carbons (Fsp3) is 0.462. The van der Waals surface area contributed by atoms with Crippen LogP contribution < -0.4 is 0 Å². The van der Waals surface area contributed by atoms with E-state index in [1.807, 2.05) is 22.4 Å². The summed E-state index contributed by atoms with van der Waals surface area (Å²) in [5.74, 6) is 0.162. The van der Waals surface area contributed by atoms with Crippen LogP contribution in [-0.4, -0.2) is 28.9 Å². The summed E-state index contributed by atoms with van der Waals surface area (Å²) in [6, 6.07) is 4.01. The van der Waals surface area contributed by atoms with Gasteiger partial charge in [-0.3, -0.25) is 4.79 Å². The fourth-order valence-electron chi connectivity index (χ4n) is 2.41. The molecule has 1 fully saturated rings. The van der Waals surface area contributed by atoms with Gasteiger partial charge in [-0.05, 0) is 30.4 Å². The lowest BCUT2D eigenvalue weighted by Crippen LogP contribution is -2.32. The number of aromatic nitrogens is 1. The molecule has 17 heavy (non-hydrogen) atoms. The molecule has 0 saturated carbocycles. The Morgan fingerprint density at radius 2 is 2.00 bits per heavy atom. The highest BCUT2D eigenvalue weighted by molar-refractivity contribution is 7.17. The Balaban J connectivity index is 1.82. The van der Waals surface area contributed by atoms with Crippen LogP contribution in [0, 0.1) is 0 Å². The van der Waals surface area contributed by atoms with E-state index in [1.54, 1.807) is 11.3 Å². The molecule has 0 bridgehead atoms. The Kier molecular flexibility index (Phi) is 2.89. The SMILES string of the molecule is O=C(c1cc2sccc2[nH]1)N1CCCCCC1. The Bertz CT molecular complexity index is 492. The maximum atomic E-state index is 12.3. The van der Waals surface area contributed by atoms with Crippen LogP contribution in [0.15, 0.2) is 17.5 Å². The topological polar surface area (TPSA) is 36.1 Å². The van der Waals surface area contributed by atoms with Crippen molar-refractivity contribution in [3.05, 3.63) is 23.2 Å². The van der Waals surface area contributed by atoms with Gasteiger partial charge in [0.1, 0.15) is 5.69 Å². The van der Waals surface area contributed by atoms with Crippen LogP contribution in [0.2, 0.25) is 0 Å². The Morgan fingerprint density at radius 1 is 1.24 bits per heavy atom. The smallest absolute Gasteiger partial charge is 0.270 e. The lowest BCUT2D eigenvalue weighted by molar-refractivity contribution is 0.0757. The largest absolute Gasteiger partial charge is 0.350 e. The van der Waals surface area contributed by atoms with Crippen molar-refractivity contribution in [1.82, 2.24) is 9.88 Å². The molecule has 1 amide bonds. The van der Waals surface area contributed by atoms with E-state index in [-0.39, 0.29) is 5.91 Å². The van der Waals surface area contributed by atoms with Gasteiger partial charge in [-0.1, -0.05) is 12.8 Å². The van der Waals surface area contributed by atoms with Crippen molar-refractivity contribution in [3.8, 4) is 0 Å². The first-order valence-electron chi connectivity index (χ1n) is 6.20. The third-order valence-electron chi connectivity index (χ3n) is 3.36. The molecular formula is C13H16N2OS. The number of nitrogens with zero attached hydrogens (tertiary/aromatic N) is 1. The molecule has 1 aliphatic rings. The summed E-state index contributed by atoms with van der Waals surface area (Å²) in [5.41, 5.74) is 1.82. The summed E-state index contributed by atoms with van der Waals surface area (Å²) in [6.45, 7) is 1.82. The number of carbonyl (C=O) groups is 1. The Hall–Kier alpha value is -1.29. The van der Waals surface area contributed by atoms with E-state index in [0.717, 1.165) is 37.1 Å². The zero-order valence-corrected chi connectivity index (χ0v) is 10.6. The van der Waals surface area contributed by atoms with Crippen molar-refractivity contribution < 1.29 is 4.79 Å². The average molecular weight is 248 g/mol. The number of hydrogen-bond acceptors (Lipinski definition) is 2. The van der Waals surface area contributed by atoms with Crippen molar-refractivity contribution in [2.24, 2.45) is 0 Å². The zero-order chi connectivity index (χ0) is 11.7. The highest BCUT2D eigenvalue weighted by atomic mass is 32.1. The maximum Gasteiger partial charge on any atom is 0.270 e. The van der Waals surface area contributed by atoms with Gasteiger partial charge in [0, 0.05) is 13.1 Å². The summed E-state index contributed by atoms with van der Waals surface area (Å²) in [7, 11) is 0. The van der Waals surface area contributed by atoms with Crippen molar-refractivity contribution in [1.29, 1.82) is 0 Å². The monoisotopic (exact) mass is 248 g/mol. The third-order valence-corrected chi connectivity index (χ3v) is 4.23. The van der Waals surface area contributed by atoms with Crippen LogP contribution in [0.5, 0.6) is 0 Å². The highest BCUT2D eigenvalue weighted by Gasteiger charge is 2.19. The van der Waals surface area contributed by atoms with E-state index in [1.165, 1.54) is 17.5 Å². The van der Waals surface area contributed by atoms with Gasteiger partial charge < -0.3 is 9.88 Å². The lowest BCUT2D eigenvalue weighted by atomic mass is 10.2. The molecule has 2 aromatic heterocycles. The molecule has 3 nitrogen and oxygen atoms in total. The number of amides is 1. The molecule has 3 heterocycles. The molecule has 90 valence electrons. The molecule has 0 unspecified atom stereocenters. The Labute approximate surface area is 104 Å². The molecule has 2 aromatic rings. The molecule has 0 spiro atoms. The van der Waals surface area contributed by atoms with E-state index >= 15 is 0 Å². The van der Waals surface area contributed by atoms with Crippen LogP contribution in [0.1, 0.15) is 36.2 Å². The minimum Gasteiger partial charge on any atom is -0.350 e. The van der Waals surface area contributed by atoms with E-state index in [9.17, 15) is 4.79 Å². The van der Waals surface area contributed by atoms with Gasteiger partial charge in [-0.2, -0.15) is 0 Å². The lowest BCUT2D eigenvalue weighted by Gasteiger charge is -2.19. The minimum atomic E-state index is 0.162. The quantitative estimate of drug-likeness (QED) is 0.826. The van der Waals surface area contributed by atoms with Crippen LogP contribution in [0.3, 0.4) is 0 Å². The number of aromatic amines is 1. The first-order chi connectivity index (χ1) is 8.34. The first-order valence-corrected chi connectivity index (χ1v) is 7.08. The van der Waals surface area contributed by atoms with Crippen molar-refractivity contribution in [2.45, 2.75) is 25.7 Å². The molecule has 4 heteroatoms. The number of carbonyl (C=O) groups excluding carboxylic acids is 1. The van der Waals surface area contributed by atoms with Gasteiger partial charge in [-0.15, -0.1) is 11.3 Å². The van der Waals surface area contributed by atoms with Gasteiger partial charge in [0.05, 0.1) is 10.2 Å². The highest BCUT2D eigenvalue weighted by Crippen LogP contribution is 2.22. The molecular weight excluding hydrogens is 232 g/mol. The molecule has 0 atom stereocenters. The second-order valence-corrected chi connectivity index (χ2v) is 5.54. The number of fused-ring (bicyclic) bond motifs is 1. The predicted molar refractivity (Wildman–Crippen MR) is 70.5 cm³/mol. The van der Waals surface area contributed by atoms with Crippen LogP contribution >= 0.6 is 11.3 Å². The number of nitrogens with one attached hydrogen (secondary N) is 1. The molecule has 1 aliphatic heterocycles. The van der Waals surface area contributed by atoms with Crippen LogP contribution in [-0.2, 0) is 0 Å². The van der Waals surface area contributed by atoms with Gasteiger partial charge in [-0.25, -0.2) is 0 Å². The molecule has 0 aromatic carbocycles. The molecule has 1 saturated heterocycles. The van der Waals surface area contributed by atoms with Crippen LogP contribution in [0.4, 0.5) is 0 Å². The predicted octanol–water partition coefficient (Wildman–Crippen LogP) is 3.25. The Morgan fingerprint density at radius 3 is 2.71 bits per heavy atom. The number of rotatable bonds is 1. The zero-order valence-electron chi connectivity index (χ0n) is 9.74. The van der Waals surface area contributed by atoms with E-state index in [0.29, 0.717) is 0 Å². The van der Waals surface area contributed by atoms with Gasteiger partial charge in [0.25, 0.3) is 5.91 Å². The fourth-order valence-corrected chi connectivity index (χ4v) is 3.19.